The maximum Gasteiger partial charge on any atom is 0.143 e. The fraction of sp³-hybridized carbons (Fsp3) is 0. The van der Waals surface area contributed by atoms with E-state index in [0.29, 0.717) is 0 Å². The number of hydrogen-bond acceptors (Lipinski definition) is 3. The molecule has 0 saturated carbocycles. The molecule has 0 N–H and O–H groups in total. The van der Waals surface area contributed by atoms with Gasteiger partial charge < -0.3 is 8.83 Å². The van der Waals surface area contributed by atoms with E-state index in [2.05, 4.69) is 176 Å². The summed E-state index contributed by atoms with van der Waals surface area (Å²) in [6, 6.07) is 65.3. The molecule has 0 saturated heterocycles. The SMILES string of the molecule is c1ccc(-c2oc3cc4c(cc3c2-c2ccccc2)oc2cccc(-c3c5ccccc5c(-c5ccc6sc7ccccc7c6c5)c5ccccc35)c24)cc1. The molecule has 55 heavy (non-hydrogen) atoms. The molecule has 3 heterocycles. The zero-order valence-electron chi connectivity index (χ0n) is 29.5. The van der Waals surface area contributed by atoms with Gasteiger partial charge in [0, 0.05) is 47.5 Å². The number of furan rings is 2. The van der Waals surface area contributed by atoms with Gasteiger partial charge in [-0.15, -0.1) is 11.3 Å². The van der Waals surface area contributed by atoms with Crippen LogP contribution in [0.15, 0.2) is 191 Å². The van der Waals surface area contributed by atoms with E-state index in [1.54, 1.807) is 0 Å². The first kappa shape index (κ1) is 30.5. The fourth-order valence-electron chi connectivity index (χ4n) is 8.92. The molecule has 0 spiro atoms. The predicted molar refractivity (Wildman–Crippen MR) is 233 cm³/mol. The second-order valence-corrected chi connectivity index (χ2v) is 15.4. The van der Waals surface area contributed by atoms with Gasteiger partial charge in [0.2, 0.25) is 0 Å². The Morgan fingerprint density at radius 1 is 0.309 bits per heavy atom. The summed E-state index contributed by atoms with van der Waals surface area (Å²) in [6.45, 7) is 0. The molecule has 0 aliphatic carbocycles. The van der Waals surface area contributed by atoms with Gasteiger partial charge in [-0.1, -0.05) is 146 Å². The Bertz CT molecular complexity index is 3420. The second-order valence-electron chi connectivity index (χ2n) is 14.3. The molecular weight excluding hydrogens is 689 g/mol. The lowest BCUT2D eigenvalue weighted by atomic mass is 9.84. The first-order valence-corrected chi connectivity index (χ1v) is 19.5. The van der Waals surface area contributed by atoms with Crippen LogP contribution in [0, 0.1) is 0 Å². The molecule has 12 rings (SSSR count). The van der Waals surface area contributed by atoms with Crippen molar-refractivity contribution >= 4 is 86.0 Å². The minimum Gasteiger partial charge on any atom is -0.456 e. The van der Waals surface area contributed by atoms with Gasteiger partial charge in [-0.3, -0.25) is 0 Å². The summed E-state index contributed by atoms with van der Waals surface area (Å²) in [5.74, 6) is 0.861. The molecular formula is C52H30O2S. The average molecular weight is 719 g/mol. The van der Waals surface area contributed by atoms with Crippen molar-refractivity contribution in [3.05, 3.63) is 182 Å². The highest BCUT2D eigenvalue weighted by atomic mass is 32.1. The largest absolute Gasteiger partial charge is 0.456 e. The van der Waals surface area contributed by atoms with Gasteiger partial charge in [0.15, 0.2) is 0 Å². The van der Waals surface area contributed by atoms with Crippen LogP contribution in [-0.2, 0) is 0 Å². The molecule has 0 fully saturated rings. The van der Waals surface area contributed by atoms with Crippen molar-refractivity contribution in [3.63, 3.8) is 0 Å². The summed E-state index contributed by atoms with van der Waals surface area (Å²) < 4.78 is 16.2. The van der Waals surface area contributed by atoms with Crippen LogP contribution in [0.1, 0.15) is 0 Å². The maximum absolute atomic E-state index is 6.83. The molecule has 0 radical (unpaired) electrons. The lowest BCUT2D eigenvalue weighted by Crippen LogP contribution is -1.91. The Hall–Kier alpha value is -6.94. The Balaban J connectivity index is 1.14. The Labute approximate surface area is 320 Å². The third-order valence-electron chi connectivity index (χ3n) is 11.3. The molecule has 256 valence electrons. The average Bonchev–Trinajstić information content (AvgIpc) is 3.93. The standard InChI is InChI=1S/C52H30O2S/c1-3-14-31(15-4-1)49-41-29-44-42(30-45(41)54-52(49)32-16-5-2-6-17-32)51-39(23-13-24-43(51)53-44)50-37-21-9-7-19-35(37)48(36-20-8-10-22-38(36)50)33-26-27-47-40(28-33)34-18-11-12-25-46(34)55-47/h1-30H. The molecule has 0 bridgehead atoms. The van der Waals surface area contributed by atoms with Crippen LogP contribution in [0.3, 0.4) is 0 Å². The van der Waals surface area contributed by atoms with Crippen LogP contribution in [0.4, 0.5) is 0 Å². The van der Waals surface area contributed by atoms with Gasteiger partial charge in [0.25, 0.3) is 0 Å². The van der Waals surface area contributed by atoms with Gasteiger partial charge >= 0.3 is 0 Å². The molecule has 0 atom stereocenters. The van der Waals surface area contributed by atoms with Crippen molar-refractivity contribution in [3.8, 4) is 44.7 Å². The first-order chi connectivity index (χ1) is 27.3. The smallest absolute Gasteiger partial charge is 0.143 e. The zero-order chi connectivity index (χ0) is 36.0. The van der Waals surface area contributed by atoms with Crippen LogP contribution in [0.2, 0.25) is 0 Å². The van der Waals surface area contributed by atoms with Crippen molar-refractivity contribution in [1.29, 1.82) is 0 Å². The molecule has 9 aromatic carbocycles. The van der Waals surface area contributed by atoms with E-state index >= 15 is 0 Å². The molecule has 0 unspecified atom stereocenters. The minimum atomic E-state index is 0.837. The second kappa shape index (κ2) is 11.8. The van der Waals surface area contributed by atoms with Crippen LogP contribution in [0.5, 0.6) is 0 Å². The van der Waals surface area contributed by atoms with Gasteiger partial charge in [0.05, 0.1) is 0 Å². The maximum atomic E-state index is 6.83. The third-order valence-corrected chi connectivity index (χ3v) is 12.4. The topological polar surface area (TPSA) is 26.3 Å². The van der Waals surface area contributed by atoms with Crippen LogP contribution in [0.25, 0.3) is 119 Å². The summed E-state index contributed by atoms with van der Waals surface area (Å²) in [7, 11) is 0. The van der Waals surface area contributed by atoms with E-state index < -0.39 is 0 Å². The number of rotatable bonds is 4. The molecule has 0 aliphatic heterocycles. The van der Waals surface area contributed by atoms with Gasteiger partial charge in [-0.05, 0) is 85.8 Å². The lowest BCUT2D eigenvalue weighted by Gasteiger charge is -2.18. The lowest BCUT2D eigenvalue weighted by molar-refractivity contribution is 0.632. The molecule has 2 nitrogen and oxygen atoms in total. The monoisotopic (exact) mass is 718 g/mol. The highest BCUT2D eigenvalue weighted by molar-refractivity contribution is 7.25. The zero-order valence-corrected chi connectivity index (χ0v) is 30.4. The summed E-state index contributed by atoms with van der Waals surface area (Å²) in [6.07, 6.45) is 0. The van der Waals surface area contributed by atoms with E-state index in [9.17, 15) is 0 Å². The van der Waals surface area contributed by atoms with E-state index in [-0.39, 0.29) is 0 Å². The summed E-state index contributed by atoms with van der Waals surface area (Å²) in [4.78, 5) is 0. The predicted octanol–water partition coefficient (Wildman–Crippen LogP) is 15.7. The van der Waals surface area contributed by atoms with Crippen LogP contribution in [-0.4, -0.2) is 0 Å². The van der Waals surface area contributed by atoms with Gasteiger partial charge in [-0.2, -0.15) is 0 Å². The Kier molecular flexibility index (Phi) is 6.54. The van der Waals surface area contributed by atoms with Gasteiger partial charge in [-0.25, -0.2) is 0 Å². The van der Waals surface area contributed by atoms with E-state index in [0.717, 1.165) is 60.9 Å². The van der Waals surface area contributed by atoms with Crippen LogP contribution >= 0.6 is 11.3 Å². The van der Waals surface area contributed by atoms with E-state index in [4.69, 9.17) is 8.83 Å². The van der Waals surface area contributed by atoms with Crippen molar-refractivity contribution < 1.29 is 8.83 Å². The quantitative estimate of drug-likeness (QED) is 0.169. The number of hydrogen-bond donors (Lipinski definition) is 0. The van der Waals surface area contributed by atoms with Crippen LogP contribution < -0.4 is 0 Å². The summed E-state index contributed by atoms with van der Waals surface area (Å²) in [5.41, 5.74) is 10.6. The van der Waals surface area contributed by atoms with Crippen molar-refractivity contribution in [1.82, 2.24) is 0 Å². The Morgan fingerprint density at radius 3 is 1.62 bits per heavy atom. The summed E-state index contributed by atoms with van der Waals surface area (Å²) in [5, 5.41) is 10.7. The number of benzene rings is 9. The van der Waals surface area contributed by atoms with Crippen molar-refractivity contribution in [2.45, 2.75) is 0 Å². The minimum absolute atomic E-state index is 0.837. The molecule has 12 aromatic rings. The van der Waals surface area contributed by atoms with Crippen molar-refractivity contribution in [2.24, 2.45) is 0 Å². The molecule has 0 amide bonds. The third kappa shape index (κ3) is 4.54. The first-order valence-electron chi connectivity index (χ1n) is 18.7. The molecule has 0 aliphatic rings. The fourth-order valence-corrected chi connectivity index (χ4v) is 10.0. The van der Waals surface area contributed by atoms with E-state index in [1.807, 2.05) is 17.4 Å². The Morgan fingerprint density at radius 2 is 0.891 bits per heavy atom. The molecule has 3 heteroatoms. The van der Waals surface area contributed by atoms with Gasteiger partial charge in [0.1, 0.15) is 22.5 Å². The number of thiophene rings is 1. The van der Waals surface area contributed by atoms with E-state index in [1.165, 1.54) is 58.4 Å². The summed E-state index contributed by atoms with van der Waals surface area (Å²) >= 11 is 1.86. The molecule has 3 aromatic heterocycles. The highest BCUT2D eigenvalue weighted by Gasteiger charge is 2.24. The van der Waals surface area contributed by atoms with Crippen molar-refractivity contribution in [2.75, 3.05) is 0 Å². The highest BCUT2D eigenvalue weighted by Crippen LogP contribution is 2.49. The number of fused-ring (bicyclic) bond motifs is 9. The normalized spacial score (nSPS) is 12.0.